The third-order valence-electron chi connectivity index (χ3n) is 3.98. The molecule has 2 rings (SSSR count). The molecule has 0 saturated heterocycles. The summed E-state index contributed by atoms with van der Waals surface area (Å²) in [6.45, 7) is 2.21. The van der Waals surface area contributed by atoms with E-state index in [0.717, 1.165) is 32.1 Å². The second-order valence-corrected chi connectivity index (χ2v) is 5.61. The van der Waals surface area contributed by atoms with Gasteiger partial charge in [-0.2, -0.15) is 0 Å². The molecule has 0 aliphatic heterocycles. The molecule has 1 heteroatoms. The first-order valence-electron chi connectivity index (χ1n) is 7.63. The van der Waals surface area contributed by atoms with Gasteiger partial charge in [-0.3, -0.25) is 0 Å². The summed E-state index contributed by atoms with van der Waals surface area (Å²) in [5, 5.41) is 0. The van der Waals surface area contributed by atoms with E-state index in [2.05, 4.69) is 67.6 Å². The van der Waals surface area contributed by atoms with Crippen LogP contribution in [0.3, 0.4) is 0 Å². The van der Waals surface area contributed by atoms with Crippen LogP contribution in [0.15, 0.2) is 60.7 Å². The first kappa shape index (κ1) is 14.8. The van der Waals surface area contributed by atoms with Gasteiger partial charge in [0.2, 0.25) is 0 Å². The lowest BCUT2D eigenvalue weighted by Gasteiger charge is -2.30. The molecule has 0 aromatic heterocycles. The number of rotatable bonds is 7. The predicted octanol–water partition coefficient (Wildman–Crippen LogP) is 4.66. The normalized spacial score (nSPS) is 13.9. The monoisotopic (exact) mass is 267 g/mol. The Balaban J connectivity index is 1.99. The number of aryl methyl sites for hydroxylation is 1. The van der Waals surface area contributed by atoms with Crippen molar-refractivity contribution in [3.8, 4) is 0 Å². The van der Waals surface area contributed by atoms with Gasteiger partial charge in [0.1, 0.15) is 0 Å². The van der Waals surface area contributed by atoms with Gasteiger partial charge in [-0.05, 0) is 36.8 Å². The van der Waals surface area contributed by atoms with Gasteiger partial charge in [0.05, 0.1) is 0 Å². The molecule has 2 aromatic carbocycles. The Morgan fingerprint density at radius 3 is 2.05 bits per heavy atom. The zero-order valence-electron chi connectivity index (χ0n) is 12.4. The molecule has 0 aliphatic carbocycles. The van der Waals surface area contributed by atoms with Gasteiger partial charge >= 0.3 is 0 Å². The second kappa shape index (κ2) is 7.25. The molecule has 1 atom stereocenters. The van der Waals surface area contributed by atoms with E-state index >= 15 is 0 Å². The fourth-order valence-corrected chi connectivity index (χ4v) is 2.88. The highest BCUT2D eigenvalue weighted by atomic mass is 14.7. The molecule has 0 amide bonds. The Morgan fingerprint density at radius 1 is 0.850 bits per heavy atom. The zero-order chi connectivity index (χ0) is 14.3. The lowest BCUT2D eigenvalue weighted by molar-refractivity contribution is 0.363. The largest absolute Gasteiger partial charge is 0.321 e. The quantitative estimate of drug-likeness (QED) is 0.775. The van der Waals surface area contributed by atoms with E-state index < -0.39 is 0 Å². The number of hydrogen-bond donors (Lipinski definition) is 1. The summed E-state index contributed by atoms with van der Waals surface area (Å²) in [6, 6.07) is 21.2. The molecule has 0 fully saturated rings. The van der Waals surface area contributed by atoms with Gasteiger partial charge in [0.15, 0.2) is 0 Å². The molecule has 1 unspecified atom stereocenters. The van der Waals surface area contributed by atoms with Crippen molar-refractivity contribution in [2.24, 2.45) is 5.73 Å². The summed E-state index contributed by atoms with van der Waals surface area (Å²) < 4.78 is 0. The SMILES string of the molecule is CCCC(N)(CCCc1ccccc1)c1ccccc1. The van der Waals surface area contributed by atoms with E-state index in [1.54, 1.807) is 0 Å². The number of hydrogen-bond acceptors (Lipinski definition) is 1. The number of nitrogens with two attached hydrogens (primary N) is 1. The van der Waals surface area contributed by atoms with Crippen molar-refractivity contribution in [2.75, 3.05) is 0 Å². The summed E-state index contributed by atoms with van der Waals surface area (Å²) in [7, 11) is 0. The van der Waals surface area contributed by atoms with Crippen molar-refractivity contribution >= 4 is 0 Å². The van der Waals surface area contributed by atoms with Crippen LogP contribution in [-0.4, -0.2) is 0 Å². The van der Waals surface area contributed by atoms with Gasteiger partial charge in [-0.25, -0.2) is 0 Å². The maximum absolute atomic E-state index is 6.69. The van der Waals surface area contributed by atoms with Crippen LogP contribution in [0.5, 0.6) is 0 Å². The minimum atomic E-state index is -0.176. The van der Waals surface area contributed by atoms with Crippen LogP contribution < -0.4 is 5.73 Å². The van der Waals surface area contributed by atoms with Crippen LogP contribution >= 0.6 is 0 Å². The molecule has 1 nitrogen and oxygen atoms in total. The average Bonchev–Trinajstić information content (AvgIpc) is 2.49. The first-order chi connectivity index (χ1) is 9.74. The summed E-state index contributed by atoms with van der Waals surface area (Å²) in [5.74, 6) is 0. The Morgan fingerprint density at radius 2 is 1.45 bits per heavy atom. The highest BCUT2D eigenvalue weighted by Crippen LogP contribution is 2.29. The Kier molecular flexibility index (Phi) is 5.37. The summed E-state index contributed by atoms with van der Waals surface area (Å²) >= 11 is 0. The Labute approximate surface area is 122 Å². The van der Waals surface area contributed by atoms with Crippen LogP contribution in [0, 0.1) is 0 Å². The molecule has 0 heterocycles. The molecular formula is C19H25N. The van der Waals surface area contributed by atoms with Gasteiger partial charge in [0.25, 0.3) is 0 Å². The highest BCUT2D eigenvalue weighted by Gasteiger charge is 2.25. The van der Waals surface area contributed by atoms with Crippen molar-refractivity contribution in [1.29, 1.82) is 0 Å². The van der Waals surface area contributed by atoms with Crippen LogP contribution in [0.2, 0.25) is 0 Å². The fraction of sp³-hybridized carbons (Fsp3) is 0.368. The van der Waals surface area contributed by atoms with Crippen molar-refractivity contribution in [2.45, 2.75) is 44.6 Å². The van der Waals surface area contributed by atoms with Gasteiger partial charge < -0.3 is 5.73 Å². The molecular weight excluding hydrogens is 242 g/mol. The maximum Gasteiger partial charge on any atom is 0.0409 e. The second-order valence-electron chi connectivity index (χ2n) is 5.61. The smallest absolute Gasteiger partial charge is 0.0409 e. The third-order valence-corrected chi connectivity index (χ3v) is 3.98. The van der Waals surface area contributed by atoms with E-state index in [-0.39, 0.29) is 5.54 Å². The predicted molar refractivity (Wildman–Crippen MR) is 86.6 cm³/mol. The van der Waals surface area contributed by atoms with Crippen LogP contribution in [0.4, 0.5) is 0 Å². The first-order valence-corrected chi connectivity index (χ1v) is 7.63. The van der Waals surface area contributed by atoms with Gasteiger partial charge in [-0.15, -0.1) is 0 Å². The molecule has 0 radical (unpaired) electrons. The minimum Gasteiger partial charge on any atom is -0.321 e. The third kappa shape index (κ3) is 3.94. The van der Waals surface area contributed by atoms with Crippen molar-refractivity contribution in [3.05, 3.63) is 71.8 Å². The molecule has 20 heavy (non-hydrogen) atoms. The molecule has 0 aliphatic rings. The van der Waals surface area contributed by atoms with Crippen molar-refractivity contribution in [1.82, 2.24) is 0 Å². The number of benzene rings is 2. The van der Waals surface area contributed by atoms with Crippen LogP contribution in [-0.2, 0) is 12.0 Å². The lowest BCUT2D eigenvalue weighted by Crippen LogP contribution is -2.36. The molecule has 2 aromatic rings. The molecule has 106 valence electrons. The van der Waals surface area contributed by atoms with E-state index in [0.29, 0.717) is 0 Å². The van der Waals surface area contributed by atoms with Crippen molar-refractivity contribution < 1.29 is 0 Å². The topological polar surface area (TPSA) is 26.0 Å². The van der Waals surface area contributed by atoms with E-state index in [1.807, 2.05) is 0 Å². The van der Waals surface area contributed by atoms with E-state index in [4.69, 9.17) is 5.73 Å². The van der Waals surface area contributed by atoms with Gasteiger partial charge in [-0.1, -0.05) is 74.0 Å². The van der Waals surface area contributed by atoms with Gasteiger partial charge in [0, 0.05) is 5.54 Å². The van der Waals surface area contributed by atoms with Crippen LogP contribution in [0.1, 0.15) is 43.7 Å². The molecule has 0 spiro atoms. The Bertz CT molecular complexity index is 492. The van der Waals surface area contributed by atoms with E-state index in [9.17, 15) is 0 Å². The fourth-order valence-electron chi connectivity index (χ4n) is 2.88. The minimum absolute atomic E-state index is 0.176. The maximum atomic E-state index is 6.69. The van der Waals surface area contributed by atoms with Crippen LogP contribution in [0.25, 0.3) is 0 Å². The molecule has 0 saturated carbocycles. The Hall–Kier alpha value is -1.60. The lowest BCUT2D eigenvalue weighted by atomic mass is 9.82. The van der Waals surface area contributed by atoms with Crippen molar-refractivity contribution in [3.63, 3.8) is 0 Å². The van der Waals surface area contributed by atoms with E-state index in [1.165, 1.54) is 11.1 Å². The summed E-state index contributed by atoms with van der Waals surface area (Å²) in [4.78, 5) is 0. The summed E-state index contributed by atoms with van der Waals surface area (Å²) in [6.07, 6.45) is 5.45. The molecule has 2 N–H and O–H groups in total. The standard InChI is InChI=1S/C19H25N/c1-2-15-19(20,18-13-7-4-8-14-18)16-9-12-17-10-5-3-6-11-17/h3-8,10-11,13-14H,2,9,12,15-16,20H2,1H3. The average molecular weight is 267 g/mol. The zero-order valence-corrected chi connectivity index (χ0v) is 12.4. The summed E-state index contributed by atoms with van der Waals surface area (Å²) in [5.41, 5.74) is 9.19. The highest BCUT2D eigenvalue weighted by molar-refractivity contribution is 5.24. The molecule has 0 bridgehead atoms.